The van der Waals surface area contributed by atoms with Gasteiger partial charge in [-0.05, 0) is 40.0 Å². The van der Waals surface area contributed by atoms with Crippen LogP contribution in [0.5, 0.6) is 0 Å². The second-order valence-electron chi connectivity index (χ2n) is 3.52. The number of halogens is 2. The molecular formula is C11H9Br2N2O. The van der Waals surface area contributed by atoms with E-state index in [9.17, 15) is 4.79 Å². The zero-order valence-corrected chi connectivity index (χ0v) is 11.4. The van der Waals surface area contributed by atoms with Crippen LogP contribution in [-0.4, -0.2) is 17.3 Å². The van der Waals surface area contributed by atoms with E-state index in [1.807, 2.05) is 18.3 Å². The molecule has 83 valence electrons. The number of rotatable bonds is 3. The molecule has 2 aromatic rings. The van der Waals surface area contributed by atoms with Gasteiger partial charge in [0.25, 0.3) is 0 Å². The number of nitrogens with one attached hydrogen (secondary N) is 1. The molecule has 0 aliphatic rings. The van der Waals surface area contributed by atoms with Gasteiger partial charge in [-0.1, -0.05) is 15.9 Å². The van der Waals surface area contributed by atoms with Crippen LogP contribution in [0, 0.1) is 0 Å². The molecule has 1 atom stereocenters. The van der Waals surface area contributed by atoms with Crippen LogP contribution < -0.4 is 5.73 Å². The third kappa shape index (κ3) is 2.07. The molecule has 1 radical (unpaired) electrons. The Hall–Kier alpha value is -0.650. The van der Waals surface area contributed by atoms with Gasteiger partial charge in [-0.3, -0.25) is 4.79 Å². The quantitative estimate of drug-likeness (QED) is 0.899. The van der Waals surface area contributed by atoms with Crippen molar-refractivity contribution in [2.45, 2.75) is 12.5 Å². The average Bonchev–Trinajstić information content (AvgIpc) is 2.68. The van der Waals surface area contributed by atoms with Gasteiger partial charge in [-0.2, -0.15) is 0 Å². The number of hydrogen-bond acceptors (Lipinski definition) is 2. The van der Waals surface area contributed by atoms with Gasteiger partial charge in [-0.15, -0.1) is 0 Å². The van der Waals surface area contributed by atoms with E-state index in [4.69, 9.17) is 5.73 Å². The first-order valence-corrected chi connectivity index (χ1v) is 6.29. The summed E-state index contributed by atoms with van der Waals surface area (Å²) < 4.78 is 1.97. The van der Waals surface area contributed by atoms with Gasteiger partial charge in [0.15, 0.2) is 0 Å². The number of nitrogens with two attached hydrogens (primary N) is 1. The van der Waals surface area contributed by atoms with Crippen molar-refractivity contribution >= 4 is 49.0 Å². The van der Waals surface area contributed by atoms with Crippen molar-refractivity contribution < 1.29 is 4.79 Å². The lowest BCUT2D eigenvalue weighted by Gasteiger charge is -2.03. The predicted molar refractivity (Wildman–Crippen MR) is 71.1 cm³/mol. The van der Waals surface area contributed by atoms with Gasteiger partial charge in [0.2, 0.25) is 6.29 Å². The molecule has 3 N–H and O–H groups in total. The first-order valence-electron chi connectivity index (χ1n) is 4.70. The smallest absolute Gasteiger partial charge is 0.217 e. The largest absolute Gasteiger partial charge is 0.360 e. The summed E-state index contributed by atoms with van der Waals surface area (Å²) in [5.41, 5.74) is 7.59. The number of benzene rings is 1. The zero-order valence-electron chi connectivity index (χ0n) is 8.26. The Bertz CT molecular complexity index is 536. The van der Waals surface area contributed by atoms with E-state index in [1.54, 1.807) is 6.29 Å². The molecule has 0 fully saturated rings. The van der Waals surface area contributed by atoms with Crippen LogP contribution in [0.2, 0.25) is 0 Å². The lowest BCUT2D eigenvalue weighted by Crippen LogP contribution is -2.23. The van der Waals surface area contributed by atoms with Crippen molar-refractivity contribution in [3.8, 4) is 0 Å². The molecule has 0 spiro atoms. The topological polar surface area (TPSA) is 58.9 Å². The molecular weight excluding hydrogens is 336 g/mol. The Kier molecular flexibility index (Phi) is 3.47. The second kappa shape index (κ2) is 4.69. The molecule has 2 rings (SSSR count). The van der Waals surface area contributed by atoms with E-state index in [-0.39, 0.29) is 0 Å². The molecule has 3 nitrogen and oxygen atoms in total. The van der Waals surface area contributed by atoms with E-state index in [0.717, 1.165) is 25.4 Å². The number of fused-ring (bicyclic) bond motifs is 1. The lowest BCUT2D eigenvalue weighted by atomic mass is 10.1. The Labute approximate surface area is 110 Å². The van der Waals surface area contributed by atoms with E-state index >= 15 is 0 Å². The minimum Gasteiger partial charge on any atom is -0.360 e. The number of aromatic amines is 1. The van der Waals surface area contributed by atoms with E-state index < -0.39 is 6.04 Å². The summed E-state index contributed by atoms with van der Waals surface area (Å²) in [7, 11) is 0. The number of H-pyrrole nitrogens is 1. The van der Waals surface area contributed by atoms with Crippen LogP contribution >= 0.6 is 31.9 Å². The maximum absolute atomic E-state index is 10.4. The predicted octanol–water partition coefficient (Wildman–Crippen LogP) is 2.67. The summed E-state index contributed by atoms with van der Waals surface area (Å²) >= 11 is 6.96. The molecule has 0 unspecified atom stereocenters. The Morgan fingerprint density at radius 2 is 2.06 bits per heavy atom. The van der Waals surface area contributed by atoms with Gasteiger partial charge >= 0.3 is 0 Å². The van der Waals surface area contributed by atoms with Crippen LogP contribution in [0.4, 0.5) is 0 Å². The SMILES string of the molecule is N[C@H]([C]=O)Cc1c[nH]c2c(Br)ccc(Br)c12. The minimum atomic E-state index is -0.579. The fraction of sp³-hybridized carbons (Fsp3) is 0.182. The monoisotopic (exact) mass is 343 g/mol. The molecule has 0 saturated heterocycles. The third-order valence-electron chi connectivity index (χ3n) is 2.41. The van der Waals surface area contributed by atoms with Crippen molar-refractivity contribution in [2.24, 2.45) is 5.73 Å². The summed E-state index contributed by atoms with van der Waals surface area (Å²) in [6, 6.07) is 3.34. The van der Waals surface area contributed by atoms with Crippen molar-refractivity contribution in [2.75, 3.05) is 0 Å². The summed E-state index contributed by atoms with van der Waals surface area (Å²) in [5.74, 6) is 0. The summed E-state index contributed by atoms with van der Waals surface area (Å²) in [6.07, 6.45) is 4.15. The summed E-state index contributed by atoms with van der Waals surface area (Å²) in [5, 5.41) is 1.06. The fourth-order valence-corrected chi connectivity index (χ4v) is 2.71. The van der Waals surface area contributed by atoms with Crippen LogP contribution in [0.25, 0.3) is 10.9 Å². The number of carbonyl (C=O) groups excluding carboxylic acids is 1. The highest BCUT2D eigenvalue weighted by Crippen LogP contribution is 2.32. The molecule has 16 heavy (non-hydrogen) atoms. The second-order valence-corrected chi connectivity index (χ2v) is 5.23. The van der Waals surface area contributed by atoms with Crippen LogP contribution in [0.1, 0.15) is 5.56 Å². The third-order valence-corrected chi connectivity index (χ3v) is 3.73. The van der Waals surface area contributed by atoms with Crippen molar-refractivity contribution in [1.82, 2.24) is 4.98 Å². The molecule has 0 aliphatic heterocycles. The van der Waals surface area contributed by atoms with E-state index in [0.29, 0.717) is 6.42 Å². The van der Waals surface area contributed by atoms with Crippen LogP contribution in [0.15, 0.2) is 27.3 Å². The van der Waals surface area contributed by atoms with Gasteiger partial charge in [0, 0.05) is 20.5 Å². The van der Waals surface area contributed by atoms with Crippen LogP contribution in [-0.2, 0) is 11.2 Å². The van der Waals surface area contributed by atoms with Crippen molar-refractivity contribution in [3.63, 3.8) is 0 Å². The molecule has 0 amide bonds. The molecule has 0 bridgehead atoms. The Morgan fingerprint density at radius 1 is 1.38 bits per heavy atom. The highest BCUT2D eigenvalue weighted by molar-refractivity contribution is 9.11. The summed E-state index contributed by atoms with van der Waals surface area (Å²) in [4.78, 5) is 13.6. The van der Waals surface area contributed by atoms with Crippen molar-refractivity contribution in [3.05, 3.63) is 32.8 Å². The Balaban J connectivity index is 2.55. The average molecular weight is 345 g/mol. The first kappa shape index (κ1) is 11.8. The first-order chi connectivity index (χ1) is 7.63. The van der Waals surface area contributed by atoms with Gasteiger partial charge < -0.3 is 10.7 Å². The number of hydrogen-bond donors (Lipinski definition) is 2. The maximum Gasteiger partial charge on any atom is 0.217 e. The molecule has 0 saturated carbocycles. The van der Waals surface area contributed by atoms with E-state index in [2.05, 4.69) is 36.8 Å². The highest BCUT2D eigenvalue weighted by Gasteiger charge is 2.12. The lowest BCUT2D eigenvalue weighted by molar-refractivity contribution is 0.541. The normalized spacial score (nSPS) is 12.9. The van der Waals surface area contributed by atoms with Gasteiger partial charge in [-0.25, -0.2) is 0 Å². The van der Waals surface area contributed by atoms with Crippen LogP contribution in [0.3, 0.4) is 0 Å². The standard InChI is InChI=1S/C11H9Br2N2O/c12-8-1-2-9(13)11-10(8)6(4-15-11)3-7(14)5-16/h1-2,4,7,15H,3,14H2/t7-/m0/s1. The minimum absolute atomic E-state index is 0.485. The molecule has 1 heterocycles. The molecule has 1 aromatic heterocycles. The zero-order chi connectivity index (χ0) is 11.7. The summed E-state index contributed by atoms with van der Waals surface area (Å²) in [6.45, 7) is 0. The molecule has 0 aliphatic carbocycles. The van der Waals surface area contributed by atoms with Gasteiger partial charge in [0.1, 0.15) is 0 Å². The number of aromatic nitrogens is 1. The highest BCUT2D eigenvalue weighted by atomic mass is 79.9. The van der Waals surface area contributed by atoms with Gasteiger partial charge in [0.05, 0.1) is 11.6 Å². The molecule has 5 heteroatoms. The van der Waals surface area contributed by atoms with Crippen molar-refractivity contribution in [1.29, 1.82) is 0 Å². The van der Waals surface area contributed by atoms with E-state index in [1.165, 1.54) is 0 Å². The Morgan fingerprint density at radius 3 is 2.75 bits per heavy atom. The maximum atomic E-state index is 10.4. The molecule has 1 aromatic carbocycles. The fourth-order valence-electron chi connectivity index (χ4n) is 1.68.